The number of aliphatic hydroxyl groups excluding tert-OH is 31. The Balaban J connectivity index is 0.914. The fraction of sp³-hybridized carbons (Fsp3) is 0.939. The van der Waals surface area contributed by atoms with Gasteiger partial charge in [-0.05, 0) is 13.8 Å². The molecule has 844 valence electrons. The smallest absolute Gasteiger partial charge is 0.217 e. The second-order valence-corrected chi connectivity index (χ2v) is 37.3. The third-order valence-electron chi connectivity index (χ3n) is 27.0. The number of nitrogens with one attached hydrogen (secondary N) is 5. The van der Waals surface area contributed by atoms with Crippen LogP contribution in [-0.2, 0) is 133 Å². The van der Waals surface area contributed by atoms with Crippen LogP contribution in [0.3, 0.4) is 0 Å². The van der Waals surface area contributed by atoms with Gasteiger partial charge in [-0.1, -0.05) is 0 Å². The first-order valence-electron chi connectivity index (χ1n) is 46.9. The van der Waals surface area contributed by atoms with E-state index in [4.69, 9.17) is 109 Å². The Morgan fingerprint density at radius 1 is 0.192 bits per heavy atom. The Labute approximate surface area is 827 Å². The van der Waals surface area contributed by atoms with Crippen molar-refractivity contribution in [1.82, 2.24) is 26.6 Å². The Kier molecular flexibility index (Phi) is 42.8. The maximum Gasteiger partial charge on any atom is 0.217 e. The van der Waals surface area contributed by atoms with Crippen molar-refractivity contribution < 1.29 is 291 Å². The number of ether oxygens (including phenoxy) is 23. The van der Waals surface area contributed by atoms with Gasteiger partial charge in [-0.25, -0.2) is 0 Å². The molecule has 12 heterocycles. The van der Waals surface area contributed by atoms with E-state index in [-0.39, 0.29) is 0 Å². The standard InChI is InChI=1S/C82H137N5O59/c1-18-40(102)52(114)57(119)76(125-18)145-68-55(117)44(106)27(10-90)130-80(68)140-63-31(14-94)133-74(38(50(63)112)86-23(6)100)143-67-54(116)43(105)26(9-89)129-79(67)124-17-34-46(108)66(60(122)78(136-34)139-62-30(13-93)132-73(37(49(62)111)85-22(5)99)137-61-29(12-92)127-71(123)35(48(61)110)83-20(3)97)142-82-70(59(121)65(33(16-96)135-82)138-72-36(84-21(4)98)47(109)42(104)25(8-88)128-72)144-75-39(87-24(7)101)51(113)64(32(15-95)134-75)141-81-69(56(118)45(107)28(11-91)131-81)146-77-58(120)53(115)41(103)19(2)126-77/h18-19,25-82,88-96,102-123H,8-17H2,1-7H3,(H,83,97)(H,84,98)(H,85,99)(H,86,100)(H,87,101)/t18-,19-,25+,26+,27+,28+,29+,30+,31+,32+,33+,34+,35+,36+,37+,38+,39+,40+,41+,42+,43+,44-,45-,46+,47+,48+,49+,50+,51+,52+,53+,54-,55-,56-,57-,58-,59-,60-,61+,62+,63+,64+,65+,66-,67-,68+,69+,70-,71+,72-,73-,74-,75-,76-,77-,78-,79-,80-,81-,82+/m0/s1. The first-order chi connectivity index (χ1) is 69.0. The molecule has 0 spiro atoms. The molecule has 12 saturated heterocycles. The average molecular weight is 2140 g/mol. The molecule has 64 nitrogen and oxygen atoms in total. The minimum atomic E-state index is -2.77. The number of aliphatic hydroxyl groups is 31. The third kappa shape index (κ3) is 26.3. The van der Waals surface area contributed by atoms with Crippen molar-refractivity contribution in [2.75, 3.05) is 66.1 Å². The maximum absolute atomic E-state index is 13.6. The van der Waals surface area contributed by atoms with Gasteiger partial charge in [-0.15, -0.1) is 0 Å². The van der Waals surface area contributed by atoms with E-state index in [1.807, 2.05) is 0 Å². The number of hydrogen-bond acceptors (Lipinski definition) is 59. The van der Waals surface area contributed by atoms with Crippen molar-refractivity contribution in [2.45, 2.75) is 417 Å². The summed E-state index contributed by atoms with van der Waals surface area (Å²) in [6.07, 6.45) is -118. The summed E-state index contributed by atoms with van der Waals surface area (Å²) in [6.45, 7) is -5.11. The molecule has 12 fully saturated rings. The van der Waals surface area contributed by atoms with Gasteiger partial charge < -0.3 is 294 Å². The van der Waals surface area contributed by atoms with E-state index in [2.05, 4.69) is 26.6 Å². The molecule has 60 atom stereocenters. The molecule has 12 rings (SSSR count). The van der Waals surface area contributed by atoms with Gasteiger partial charge in [-0.2, -0.15) is 0 Å². The van der Waals surface area contributed by atoms with Crippen LogP contribution in [0.25, 0.3) is 0 Å². The first-order valence-corrected chi connectivity index (χ1v) is 46.9. The molecule has 0 unspecified atom stereocenters. The Morgan fingerprint density at radius 3 is 0.760 bits per heavy atom. The number of hydrogen-bond donors (Lipinski definition) is 36. The van der Waals surface area contributed by atoms with Gasteiger partial charge in [0.1, 0.15) is 280 Å². The van der Waals surface area contributed by atoms with Crippen molar-refractivity contribution in [3.63, 3.8) is 0 Å². The summed E-state index contributed by atoms with van der Waals surface area (Å²) in [5.74, 6) is -4.92. The van der Waals surface area contributed by atoms with Gasteiger partial charge in [-0.3, -0.25) is 24.0 Å². The summed E-state index contributed by atoms with van der Waals surface area (Å²) in [6, 6.07) is -9.94. The summed E-state index contributed by atoms with van der Waals surface area (Å²) in [7, 11) is 0. The summed E-state index contributed by atoms with van der Waals surface area (Å²) < 4.78 is 139. The molecule has 36 N–H and O–H groups in total. The van der Waals surface area contributed by atoms with Gasteiger partial charge in [0.05, 0.1) is 78.3 Å². The molecule has 12 aliphatic heterocycles. The highest BCUT2D eigenvalue weighted by atomic mass is 16.8. The van der Waals surface area contributed by atoms with E-state index in [0.717, 1.165) is 34.6 Å². The van der Waals surface area contributed by atoms with Crippen molar-refractivity contribution >= 4 is 29.5 Å². The van der Waals surface area contributed by atoms with Gasteiger partial charge in [0.15, 0.2) is 75.5 Å². The SMILES string of the molecule is CC(=O)N[C@@H]1[C@@H](O)[C@H](O[C@@H]2O[C@H](CO)[C@@H](O[C@@H]3O[C@H](CO[C@H]4O[C@H](CO)[C@@H](O)[C@H](O)[C@@H]4O[C@@H]4O[C@H](CO)[C@@H](O[C@@H]5O[C@H](CO)[C@H](O)[C@H](O)[C@H]5O[C@@H]5O[C@@H](C)[C@@H](O)[C@@H](O)[C@@H]5O)[C@H](O)[C@H]4NC(C)=O)[C@@H](O)[C@H](O[C@H]4O[C@H](CO)[C@@H](O[C@@H]5O[C@H](CO)[C@@H](O)[C@H](O)[C@H]5NC(C)=O)[C@H](O)[C@@H]4O[C@@H]4O[C@H](CO)[C@@H](O[C@@H]5O[C@H](CO)[C@H](O)[C@H](O)[C@H]5O[C@@H]5O[C@@H](C)[C@@H](O)[C@@H](O)[C@@H]5O)[C@H](O)[C@H]4NC(C)=O)[C@@H]3O)[C@H](O)[C@H]2NC(C)=O)[C@@H](CO)O[C@H]1O. The van der Waals surface area contributed by atoms with Crippen LogP contribution < -0.4 is 26.6 Å². The van der Waals surface area contributed by atoms with Crippen LogP contribution in [0.4, 0.5) is 0 Å². The molecule has 64 heteroatoms. The lowest BCUT2D eigenvalue weighted by atomic mass is 9.93. The van der Waals surface area contributed by atoms with Crippen LogP contribution in [0.1, 0.15) is 48.5 Å². The summed E-state index contributed by atoms with van der Waals surface area (Å²) >= 11 is 0. The Morgan fingerprint density at radius 2 is 0.418 bits per heavy atom. The number of amides is 5. The Hall–Kier alpha value is -4.81. The van der Waals surface area contributed by atoms with Gasteiger partial charge in [0.2, 0.25) is 29.5 Å². The zero-order chi connectivity index (χ0) is 107. The third-order valence-corrected chi connectivity index (χ3v) is 27.0. The molecule has 0 aliphatic carbocycles. The van der Waals surface area contributed by atoms with Crippen molar-refractivity contribution in [3.8, 4) is 0 Å². The van der Waals surface area contributed by atoms with E-state index >= 15 is 0 Å². The number of rotatable bonds is 37. The quantitative estimate of drug-likeness (QED) is 0.0275. The van der Waals surface area contributed by atoms with E-state index in [1.165, 1.54) is 13.8 Å². The normalized spacial score (nSPS) is 49.8. The highest BCUT2D eigenvalue weighted by Crippen LogP contribution is 2.43. The van der Waals surface area contributed by atoms with Crippen LogP contribution in [0.15, 0.2) is 0 Å². The Bertz CT molecular complexity index is 4090. The van der Waals surface area contributed by atoms with Gasteiger partial charge in [0.25, 0.3) is 0 Å². The average Bonchev–Trinajstić information content (AvgIpc) is 0.759. The number of carbonyl (C=O) groups is 5. The molecule has 0 radical (unpaired) electrons. The maximum atomic E-state index is 13.6. The molecule has 12 aliphatic rings. The predicted octanol–water partition coefficient (Wildman–Crippen LogP) is -24.4. The fourth-order valence-electron chi connectivity index (χ4n) is 19.2. The van der Waals surface area contributed by atoms with Gasteiger partial charge >= 0.3 is 0 Å². The predicted molar refractivity (Wildman–Crippen MR) is 450 cm³/mol. The highest BCUT2D eigenvalue weighted by Gasteiger charge is 2.64. The van der Waals surface area contributed by atoms with Crippen molar-refractivity contribution in [2.24, 2.45) is 0 Å². The fourth-order valence-corrected chi connectivity index (χ4v) is 19.2. The molecule has 0 saturated carbocycles. The second-order valence-electron chi connectivity index (χ2n) is 37.3. The largest absolute Gasteiger partial charge is 0.394 e. The molecule has 146 heavy (non-hydrogen) atoms. The zero-order valence-corrected chi connectivity index (χ0v) is 79.0. The number of carbonyl (C=O) groups excluding carboxylic acids is 5. The second kappa shape index (κ2) is 52.2. The van der Waals surface area contributed by atoms with Crippen LogP contribution in [0, 0.1) is 0 Å². The first kappa shape index (κ1) is 120. The van der Waals surface area contributed by atoms with Gasteiger partial charge in [0, 0.05) is 34.6 Å². The van der Waals surface area contributed by atoms with Crippen LogP contribution >= 0.6 is 0 Å². The molecular formula is C82H137N5O59. The molecule has 0 aromatic heterocycles. The minimum absolute atomic E-state index is 0.836. The topological polar surface area (TPSA) is 985 Å². The van der Waals surface area contributed by atoms with Crippen LogP contribution in [-0.4, -0.2) is 622 Å². The van der Waals surface area contributed by atoms with E-state index in [1.54, 1.807) is 0 Å². The van der Waals surface area contributed by atoms with Crippen molar-refractivity contribution in [1.29, 1.82) is 0 Å². The highest BCUT2D eigenvalue weighted by molar-refractivity contribution is 5.75. The molecule has 0 aromatic carbocycles. The van der Waals surface area contributed by atoms with Crippen LogP contribution in [0.5, 0.6) is 0 Å². The summed E-state index contributed by atoms with van der Waals surface area (Å²) in [4.78, 5) is 65.4. The molecule has 0 bridgehead atoms. The lowest BCUT2D eigenvalue weighted by molar-refractivity contribution is -0.407. The lowest BCUT2D eigenvalue weighted by Crippen LogP contribution is -2.71. The van der Waals surface area contributed by atoms with E-state index in [9.17, 15) is 182 Å². The van der Waals surface area contributed by atoms with E-state index in [0.29, 0.717) is 0 Å². The monoisotopic (exact) mass is 2140 g/mol. The van der Waals surface area contributed by atoms with Crippen molar-refractivity contribution in [3.05, 3.63) is 0 Å². The molecular weight excluding hydrogens is 2000 g/mol. The molecule has 0 aromatic rings. The van der Waals surface area contributed by atoms with Crippen LogP contribution in [0.2, 0.25) is 0 Å². The minimum Gasteiger partial charge on any atom is -0.394 e. The summed E-state index contributed by atoms with van der Waals surface area (Å²) in [5, 5.41) is 365. The lowest BCUT2D eigenvalue weighted by Gasteiger charge is -2.52. The van der Waals surface area contributed by atoms with E-state index < -0.39 is 464 Å². The zero-order valence-electron chi connectivity index (χ0n) is 79.0. The molecule has 5 amide bonds. The summed E-state index contributed by atoms with van der Waals surface area (Å²) in [5.41, 5.74) is 0.